The molecule has 1 aliphatic rings. The zero-order valence-corrected chi connectivity index (χ0v) is 16.4. The van der Waals surface area contributed by atoms with Gasteiger partial charge in [-0.3, -0.25) is 4.79 Å². The van der Waals surface area contributed by atoms with Gasteiger partial charge in [0.05, 0.1) is 5.69 Å². The first kappa shape index (κ1) is 18.3. The lowest BCUT2D eigenvalue weighted by Gasteiger charge is -2.02. The average molecular weight is 431 g/mol. The Kier molecular flexibility index (Phi) is 4.03. The molecular weight excluding hydrogens is 417 g/mol. The molecule has 6 rings (SSSR count). The smallest absolute Gasteiger partial charge is 0.277 e. The van der Waals surface area contributed by atoms with Gasteiger partial charge in [0.25, 0.3) is 5.56 Å². The summed E-state index contributed by atoms with van der Waals surface area (Å²) in [4.78, 5) is 17.3. The van der Waals surface area contributed by atoms with Crippen molar-refractivity contribution in [2.75, 3.05) is 6.79 Å². The lowest BCUT2D eigenvalue weighted by Crippen LogP contribution is -2.21. The van der Waals surface area contributed by atoms with Gasteiger partial charge in [-0.05, 0) is 48.5 Å². The second kappa shape index (κ2) is 7.05. The summed E-state index contributed by atoms with van der Waals surface area (Å²) >= 11 is 0. The molecule has 0 bridgehead atoms. The predicted molar refractivity (Wildman–Crippen MR) is 110 cm³/mol. The Morgan fingerprint density at radius 2 is 1.78 bits per heavy atom. The second-order valence-corrected chi connectivity index (χ2v) is 7.18. The second-order valence-electron chi connectivity index (χ2n) is 7.18. The van der Waals surface area contributed by atoms with E-state index in [0.29, 0.717) is 34.1 Å². The Morgan fingerprint density at radius 3 is 2.66 bits per heavy atom. The monoisotopic (exact) mass is 431 g/mol. The maximum Gasteiger partial charge on any atom is 0.277 e. The van der Waals surface area contributed by atoms with Crippen LogP contribution in [-0.2, 0) is 6.54 Å². The average Bonchev–Trinajstić information content (AvgIpc) is 3.55. The van der Waals surface area contributed by atoms with E-state index in [1.165, 1.54) is 21.2 Å². The number of fused-ring (bicyclic) bond motifs is 2. The van der Waals surface area contributed by atoms with E-state index in [-0.39, 0.29) is 30.6 Å². The van der Waals surface area contributed by atoms with E-state index in [1.807, 2.05) is 18.2 Å². The van der Waals surface area contributed by atoms with Gasteiger partial charge in [-0.25, -0.2) is 8.91 Å². The van der Waals surface area contributed by atoms with Crippen molar-refractivity contribution in [2.24, 2.45) is 0 Å². The Labute approximate surface area is 179 Å². The van der Waals surface area contributed by atoms with Crippen molar-refractivity contribution >= 4 is 5.52 Å². The molecule has 0 saturated heterocycles. The predicted octanol–water partition coefficient (Wildman–Crippen LogP) is 3.13. The van der Waals surface area contributed by atoms with E-state index in [1.54, 1.807) is 30.6 Å². The summed E-state index contributed by atoms with van der Waals surface area (Å²) in [5.41, 5.74) is 2.21. The van der Waals surface area contributed by atoms with Crippen LogP contribution >= 0.6 is 0 Å². The zero-order chi connectivity index (χ0) is 21.7. The van der Waals surface area contributed by atoms with Crippen molar-refractivity contribution < 1.29 is 18.4 Å². The van der Waals surface area contributed by atoms with Crippen LogP contribution in [0.2, 0.25) is 0 Å². The number of aromatic nitrogens is 5. The van der Waals surface area contributed by atoms with Gasteiger partial charge in [0, 0.05) is 23.5 Å². The summed E-state index contributed by atoms with van der Waals surface area (Å²) in [6.07, 6.45) is 3.29. The van der Waals surface area contributed by atoms with Crippen molar-refractivity contribution in [2.45, 2.75) is 6.54 Å². The molecule has 0 N–H and O–H groups in total. The third-order valence-electron chi connectivity index (χ3n) is 5.15. The van der Waals surface area contributed by atoms with E-state index < -0.39 is 0 Å². The third-order valence-corrected chi connectivity index (χ3v) is 5.15. The topological polar surface area (TPSA) is 96.7 Å². The summed E-state index contributed by atoms with van der Waals surface area (Å²) in [6.45, 7) is 0.279. The number of halogens is 1. The third kappa shape index (κ3) is 3.09. The zero-order valence-electron chi connectivity index (χ0n) is 16.4. The SMILES string of the molecule is O=c1c2cc(-c3ccc4c(c3)OCO4)nn2ccn1Cc1nc(-c2ccc(F)cc2)no1. The van der Waals surface area contributed by atoms with E-state index in [4.69, 9.17) is 14.0 Å². The van der Waals surface area contributed by atoms with Crippen molar-refractivity contribution in [3.63, 3.8) is 0 Å². The van der Waals surface area contributed by atoms with Gasteiger partial charge >= 0.3 is 0 Å². The molecule has 32 heavy (non-hydrogen) atoms. The molecule has 0 spiro atoms. The van der Waals surface area contributed by atoms with Crippen molar-refractivity contribution in [3.05, 3.63) is 83.0 Å². The molecule has 0 unspecified atom stereocenters. The molecule has 4 heterocycles. The van der Waals surface area contributed by atoms with Crippen LogP contribution in [0, 0.1) is 5.82 Å². The molecule has 0 saturated carbocycles. The van der Waals surface area contributed by atoms with Crippen molar-refractivity contribution in [1.29, 1.82) is 0 Å². The van der Waals surface area contributed by atoms with E-state index in [9.17, 15) is 9.18 Å². The van der Waals surface area contributed by atoms with Crippen LogP contribution in [0.1, 0.15) is 5.89 Å². The number of hydrogen-bond acceptors (Lipinski definition) is 7. The standard InChI is InChI=1S/C22H14FN5O4/c23-15-4-1-13(2-5-15)21-24-20(32-26-21)11-27-7-8-28-17(22(27)29)10-16(25-28)14-3-6-18-19(9-14)31-12-30-18/h1-10H,11-12H2. The molecule has 10 heteroatoms. The lowest BCUT2D eigenvalue weighted by atomic mass is 10.1. The highest BCUT2D eigenvalue weighted by Gasteiger charge is 2.17. The first-order valence-electron chi connectivity index (χ1n) is 9.71. The fourth-order valence-electron chi connectivity index (χ4n) is 3.53. The molecule has 3 aromatic heterocycles. The van der Waals surface area contributed by atoms with Gasteiger partial charge in [-0.1, -0.05) is 5.16 Å². The number of benzene rings is 2. The molecule has 9 nitrogen and oxygen atoms in total. The van der Waals surface area contributed by atoms with Crippen LogP contribution in [0.4, 0.5) is 4.39 Å². The molecule has 0 atom stereocenters. The number of hydrogen-bond donors (Lipinski definition) is 0. The Balaban J connectivity index is 1.31. The fourth-order valence-corrected chi connectivity index (χ4v) is 3.53. The molecule has 158 valence electrons. The highest BCUT2D eigenvalue weighted by atomic mass is 19.1. The summed E-state index contributed by atoms with van der Waals surface area (Å²) in [7, 11) is 0. The normalized spacial score (nSPS) is 12.5. The molecular formula is C22H14FN5O4. The van der Waals surface area contributed by atoms with Crippen LogP contribution < -0.4 is 15.0 Å². The Hall–Kier alpha value is -4.47. The number of nitrogens with zero attached hydrogens (tertiary/aromatic N) is 5. The van der Waals surface area contributed by atoms with Gasteiger partial charge in [-0.2, -0.15) is 10.1 Å². The van der Waals surface area contributed by atoms with Gasteiger partial charge in [-0.15, -0.1) is 0 Å². The molecule has 0 aliphatic carbocycles. The summed E-state index contributed by atoms with van der Waals surface area (Å²) < 4.78 is 32.1. The number of ether oxygens (including phenoxy) is 2. The molecule has 0 fully saturated rings. The fraction of sp³-hybridized carbons (Fsp3) is 0.0909. The molecule has 2 aromatic carbocycles. The molecule has 0 amide bonds. The first-order valence-corrected chi connectivity index (χ1v) is 9.71. The van der Waals surface area contributed by atoms with Gasteiger partial charge in [0.2, 0.25) is 18.5 Å². The van der Waals surface area contributed by atoms with Crippen molar-refractivity contribution in [3.8, 4) is 34.1 Å². The summed E-state index contributed by atoms with van der Waals surface area (Å²) in [5, 5.41) is 8.41. The highest BCUT2D eigenvalue weighted by Crippen LogP contribution is 2.35. The summed E-state index contributed by atoms with van der Waals surface area (Å²) in [6, 6.07) is 13.0. The largest absolute Gasteiger partial charge is 0.454 e. The van der Waals surface area contributed by atoms with Crippen LogP contribution in [-0.4, -0.2) is 31.1 Å². The maximum absolute atomic E-state index is 13.1. The minimum absolute atomic E-state index is 0.0913. The first-order chi connectivity index (χ1) is 15.6. The van der Waals surface area contributed by atoms with E-state index in [2.05, 4.69) is 15.2 Å². The Bertz CT molecular complexity index is 1520. The van der Waals surface area contributed by atoms with Gasteiger partial charge in [0.1, 0.15) is 17.9 Å². The molecule has 1 aliphatic heterocycles. The quantitative estimate of drug-likeness (QED) is 0.431. The highest BCUT2D eigenvalue weighted by molar-refractivity contribution is 5.68. The maximum atomic E-state index is 13.1. The van der Waals surface area contributed by atoms with Crippen LogP contribution in [0.25, 0.3) is 28.2 Å². The van der Waals surface area contributed by atoms with Crippen molar-refractivity contribution in [1.82, 2.24) is 24.3 Å². The molecule has 5 aromatic rings. The van der Waals surface area contributed by atoms with Gasteiger partial charge in [0.15, 0.2) is 11.5 Å². The Morgan fingerprint density at radius 1 is 0.969 bits per heavy atom. The lowest BCUT2D eigenvalue weighted by molar-refractivity contribution is 0.174. The van der Waals surface area contributed by atoms with Gasteiger partial charge < -0.3 is 18.6 Å². The van der Waals surface area contributed by atoms with Crippen LogP contribution in [0.5, 0.6) is 11.5 Å². The van der Waals surface area contributed by atoms with Crippen LogP contribution in [0.3, 0.4) is 0 Å². The van der Waals surface area contributed by atoms with E-state index in [0.717, 1.165) is 5.56 Å². The van der Waals surface area contributed by atoms with Crippen LogP contribution in [0.15, 0.2) is 70.2 Å². The summed E-state index contributed by atoms with van der Waals surface area (Å²) in [5.74, 6) is 1.55. The minimum Gasteiger partial charge on any atom is -0.454 e. The minimum atomic E-state index is -0.349. The van der Waals surface area contributed by atoms with E-state index >= 15 is 0 Å². The number of rotatable bonds is 4. The molecule has 0 radical (unpaired) electrons.